The van der Waals surface area contributed by atoms with Gasteiger partial charge in [-0.25, -0.2) is 4.39 Å². The van der Waals surface area contributed by atoms with Crippen LogP contribution >= 0.6 is 0 Å². The van der Waals surface area contributed by atoms with Crippen molar-refractivity contribution in [2.45, 2.75) is 13.3 Å². The molecule has 0 aliphatic heterocycles. The maximum atomic E-state index is 15.3. The highest BCUT2D eigenvalue weighted by Gasteiger charge is 2.17. The Morgan fingerprint density at radius 2 is 1.68 bits per heavy atom. The van der Waals surface area contributed by atoms with Gasteiger partial charge in [0, 0.05) is 36.3 Å². The molecule has 2 heterocycles. The normalized spacial score (nSPS) is 10.8. The number of hydrogen-bond donors (Lipinski definition) is 1. The van der Waals surface area contributed by atoms with Gasteiger partial charge >= 0.3 is 0 Å². The van der Waals surface area contributed by atoms with E-state index >= 15 is 4.39 Å². The molecule has 5 rings (SSSR count). The average Bonchev–Trinajstić information content (AvgIpc) is 2.98. The minimum Gasteiger partial charge on any atom is -0.493 e. The second-order valence-electron chi connectivity index (χ2n) is 9.17. The predicted molar refractivity (Wildman–Crippen MR) is 152 cm³/mol. The number of nitrogens with zero attached hydrogens (tertiary/aromatic N) is 3. The molecule has 0 spiro atoms. The van der Waals surface area contributed by atoms with Gasteiger partial charge in [-0.3, -0.25) is 14.6 Å². The maximum absolute atomic E-state index is 15.3. The number of nitrogens with one attached hydrogen (secondary N) is 1. The van der Waals surface area contributed by atoms with E-state index < -0.39 is 17.3 Å². The van der Waals surface area contributed by atoms with Crippen molar-refractivity contribution in [3.05, 3.63) is 112 Å². The first kappa shape index (κ1) is 27.3. The Labute approximate surface area is 235 Å². The summed E-state index contributed by atoms with van der Waals surface area (Å²) in [7, 11) is 3.04. The van der Waals surface area contributed by atoms with Gasteiger partial charge in [0.05, 0.1) is 25.4 Å². The van der Waals surface area contributed by atoms with Crippen molar-refractivity contribution in [2.24, 2.45) is 0 Å². The molecule has 0 unspecified atom stereocenters. The van der Waals surface area contributed by atoms with Crippen molar-refractivity contribution < 1.29 is 23.4 Å². The molecule has 3 aromatic carbocycles. The molecular weight excluding hydrogens is 527 g/mol. The molecule has 0 aliphatic rings. The molecule has 0 atom stereocenters. The molecular formula is C31H27FN4O5. The average molecular weight is 555 g/mol. The smallest absolute Gasteiger partial charge is 0.272 e. The lowest BCUT2D eigenvalue weighted by molar-refractivity contribution is 0.0946. The van der Waals surface area contributed by atoms with Crippen LogP contribution in [-0.2, 0) is 6.42 Å². The Bertz CT molecular complexity index is 1790. The van der Waals surface area contributed by atoms with Gasteiger partial charge in [0.25, 0.3) is 11.5 Å². The third kappa shape index (κ3) is 5.86. The van der Waals surface area contributed by atoms with Crippen molar-refractivity contribution in [3.63, 3.8) is 0 Å². The van der Waals surface area contributed by atoms with Gasteiger partial charge in [-0.1, -0.05) is 30.3 Å². The third-order valence-electron chi connectivity index (χ3n) is 6.47. The maximum Gasteiger partial charge on any atom is 0.272 e. The summed E-state index contributed by atoms with van der Waals surface area (Å²) in [5.74, 6) is 0.0944. The summed E-state index contributed by atoms with van der Waals surface area (Å²) >= 11 is 0. The van der Waals surface area contributed by atoms with E-state index in [0.717, 1.165) is 16.3 Å². The molecule has 0 fully saturated rings. The van der Waals surface area contributed by atoms with Gasteiger partial charge in [-0.15, -0.1) is 0 Å². The van der Waals surface area contributed by atoms with Gasteiger partial charge in [0.1, 0.15) is 5.75 Å². The SMILES string of the molecule is COc1cc2nccc(Oc3ccc(-n4nc(C(=O)NCCc5ccccc5)c(C)cc4=O)cc3F)c2cc1OC. The van der Waals surface area contributed by atoms with Crippen LogP contribution < -0.4 is 25.1 Å². The highest BCUT2D eigenvalue weighted by Crippen LogP contribution is 2.37. The van der Waals surface area contributed by atoms with Crippen molar-refractivity contribution in [2.75, 3.05) is 20.8 Å². The predicted octanol–water partition coefficient (Wildman–Crippen LogP) is 5.01. The fourth-order valence-corrected chi connectivity index (χ4v) is 4.36. The van der Waals surface area contributed by atoms with Gasteiger partial charge in [0.15, 0.2) is 28.8 Å². The molecule has 0 saturated carbocycles. The zero-order valence-electron chi connectivity index (χ0n) is 22.7. The molecule has 0 aliphatic carbocycles. The summed E-state index contributed by atoms with van der Waals surface area (Å²) in [6, 6.07) is 20.1. The Balaban J connectivity index is 1.39. The second-order valence-corrected chi connectivity index (χ2v) is 9.17. The van der Waals surface area contributed by atoms with Crippen LogP contribution in [0, 0.1) is 12.7 Å². The third-order valence-corrected chi connectivity index (χ3v) is 6.47. The largest absolute Gasteiger partial charge is 0.493 e. The van der Waals surface area contributed by atoms with Crippen LogP contribution in [0.1, 0.15) is 21.6 Å². The number of pyridine rings is 1. The molecule has 41 heavy (non-hydrogen) atoms. The van der Waals surface area contributed by atoms with Gasteiger partial charge in [-0.05, 0) is 48.7 Å². The fraction of sp³-hybridized carbons (Fsp3) is 0.161. The van der Waals surface area contributed by atoms with Crippen LogP contribution in [0.15, 0.2) is 83.8 Å². The first-order valence-corrected chi connectivity index (χ1v) is 12.8. The first-order chi connectivity index (χ1) is 19.9. The Hall–Kier alpha value is -5.25. The summed E-state index contributed by atoms with van der Waals surface area (Å²) in [6.07, 6.45) is 2.18. The van der Waals surface area contributed by atoms with E-state index in [1.54, 1.807) is 25.1 Å². The Morgan fingerprint density at radius 1 is 0.927 bits per heavy atom. The van der Waals surface area contributed by atoms with Crippen molar-refractivity contribution in [1.29, 1.82) is 0 Å². The number of fused-ring (bicyclic) bond motifs is 1. The Morgan fingerprint density at radius 3 is 2.41 bits per heavy atom. The quantitative estimate of drug-likeness (QED) is 0.273. The molecule has 208 valence electrons. The summed E-state index contributed by atoms with van der Waals surface area (Å²) in [5, 5.41) is 7.67. The lowest BCUT2D eigenvalue weighted by Crippen LogP contribution is -2.31. The monoisotopic (exact) mass is 554 g/mol. The Kier molecular flexibility index (Phi) is 7.91. The summed E-state index contributed by atoms with van der Waals surface area (Å²) in [4.78, 5) is 29.9. The highest BCUT2D eigenvalue weighted by molar-refractivity contribution is 5.93. The minimum absolute atomic E-state index is 0.0740. The molecule has 5 aromatic rings. The van der Waals surface area contributed by atoms with E-state index in [-0.39, 0.29) is 17.1 Å². The number of hydrogen-bond acceptors (Lipinski definition) is 7. The number of benzene rings is 3. The number of halogens is 1. The first-order valence-electron chi connectivity index (χ1n) is 12.8. The highest BCUT2D eigenvalue weighted by atomic mass is 19.1. The number of aromatic nitrogens is 3. The van der Waals surface area contributed by atoms with E-state index in [1.165, 1.54) is 38.6 Å². The molecule has 0 radical (unpaired) electrons. The molecule has 9 nitrogen and oxygen atoms in total. The van der Waals surface area contributed by atoms with Crippen LogP contribution in [0.4, 0.5) is 4.39 Å². The van der Waals surface area contributed by atoms with E-state index in [1.807, 2.05) is 30.3 Å². The van der Waals surface area contributed by atoms with E-state index in [0.29, 0.717) is 46.7 Å². The zero-order chi connectivity index (χ0) is 28.9. The van der Waals surface area contributed by atoms with Crippen molar-refractivity contribution >= 4 is 16.8 Å². The van der Waals surface area contributed by atoms with E-state index in [9.17, 15) is 9.59 Å². The molecule has 1 amide bonds. The van der Waals surface area contributed by atoms with Crippen molar-refractivity contribution in [1.82, 2.24) is 20.1 Å². The molecule has 1 N–H and O–H groups in total. The minimum atomic E-state index is -0.726. The number of carbonyl (C=O) groups is 1. The lowest BCUT2D eigenvalue weighted by Gasteiger charge is -2.14. The molecule has 0 saturated heterocycles. The lowest BCUT2D eigenvalue weighted by atomic mass is 10.1. The number of rotatable bonds is 9. The number of carbonyl (C=O) groups excluding carboxylic acids is 1. The second kappa shape index (κ2) is 11.9. The van der Waals surface area contributed by atoms with Gasteiger partial charge in [0.2, 0.25) is 0 Å². The standard InChI is InChI=1S/C31H27FN4O5/c1-19-15-29(37)36(35-30(19)31(38)34-13-11-20-7-5-4-6-8-20)21-9-10-26(23(32)16-21)41-25-12-14-33-24-18-28(40-3)27(39-2)17-22(24)25/h4-10,12,14-18H,11,13H2,1-3H3,(H,34,38). The van der Waals surface area contributed by atoms with Crippen LogP contribution in [0.2, 0.25) is 0 Å². The van der Waals surface area contributed by atoms with Crippen LogP contribution in [0.3, 0.4) is 0 Å². The van der Waals surface area contributed by atoms with Gasteiger partial charge < -0.3 is 19.5 Å². The van der Waals surface area contributed by atoms with Crippen LogP contribution in [0.25, 0.3) is 16.6 Å². The van der Waals surface area contributed by atoms with E-state index in [4.69, 9.17) is 14.2 Å². The zero-order valence-corrected chi connectivity index (χ0v) is 22.7. The number of aryl methyl sites for hydroxylation is 1. The fourth-order valence-electron chi connectivity index (χ4n) is 4.36. The van der Waals surface area contributed by atoms with E-state index in [2.05, 4.69) is 15.4 Å². The molecule has 0 bridgehead atoms. The van der Waals surface area contributed by atoms with Crippen molar-refractivity contribution in [3.8, 4) is 28.7 Å². The van der Waals surface area contributed by atoms with Crippen LogP contribution in [-0.4, -0.2) is 41.4 Å². The summed E-state index contributed by atoms with van der Waals surface area (Å²) in [6.45, 7) is 2.03. The van der Waals surface area contributed by atoms with Crippen LogP contribution in [0.5, 0.6) is 23.0 Å². The summed E-state index contributed by atoms with van der Waals surface area (Å²) < 4.78 is 32.9. The van der Waals surface area contributed by atoms with Gasteiger partial charge in [-0.2, -0.15) is 9.78 Å². The number of amides is 1. The summed E-state index contributed by atoms with van der Waals surface area (Å²) in [5.41, 5.74) is 1.79. The topological polar surface area (TPSA) is 105 Å². The molecule has 2 aromatic heterocycles. The molecule has 10 heteroatoms. The number of methoxy groups -OCH3 is 2. The number of ether oxygens (including phenoxy) is 3.